The Hall–Kier alpha value is -2.80. The fourth-order valence-corrected chi connectivity index (χ4v) is 5.99. The van der Waals surface area contributed by atoms with E-state index < -0.39 is 45.0 Å². The van der Waals surface area contributed by atoms with Crippen molar-refractivity contribution in [1.29, 1.82) is 0 Å². The zero-order valence-corrected chi connectivity index (χ0v) is 21.0. The van der Waals surface area contributed by atoms with Gasteiger partial charge in [-0.2, -0.15) is 4.98 Å². The lowest BCUT2D eigenvalue weighted by Gasteiger charge is -2.34. The average Bonchev–Trinajstić information content (AvgIpc) is 3.35. The van der Waals surface area contributed by atoms with E-state index in [-0.39, 0.29) is 53.8 Å². The number of aromatic nitrogens is 4. The number of nitrogen functional groups attached to an aromatic ring is 1. The largest absolute Gasteiger partial charge is 1.00 e. The topological polar surface area (TPSA) is 247 Å². The number of benzene rings is 1. The molecular formula is C19H22BN6O10PS. The summed E-state index contributed by atoms with van der Waals surface area (Å²) in [6, 6.07) is 6.06. The summed E-state index contributed by atoms with van der Waals surface area (Å²) in [7, 11) is -6.31. The molecule has 2 fully saturated rings. The van der Waals surface area contributed by atoms with Crippen LogP contribution < -0.4 is 27.0 Å². The fraction of sp³-hybridized carbons (Fsp3) is 0.368. The molecule has 0 saturated carbocycles. The van der Waals surface area contributed by atoms with E-state index in [1.165, 1.54) is 16.7 Å². The maximum absolute atomic E-state index is 12.5. The Bertz CT molecular complexity index is 1490. The summed E-state index contributed by atoms with van der Waals surface area (Å²) in [6.45, 7) is -0.376. The molecule has 0 aliphatic carbocycles. The number of carbonyl (C=O) groups excluding carboxylic acids is 1. The van der Waals surface area contributed by atoms with Crippen molar-refractivity contribution in [3.63, 3.8) is 0 Å². The van der Waals surface area contributed by atoms with Crippen molar-refractivity contribution in [3.05, 3.63) is 34.6 Å². The zero-order valence-electron chi connectivity index (χ0n) is 20.3. The lowest BCUT2D eigenvalue weighted by molar-refractivity contribution is -0.245. The summed E-state index contributed by atoms with van der Waals surface area (Å²) >= 11 is 1.05. The summed E-state index contributed by atoms with van der Waals surface area (Å²) in [5.41, 5.74) is 5.51. The van der Waals surface area contributed by atoms with Gasteiger partial charge in [0.15, 0.2) is 22.5 Å². The predicted molar refractivity (Wildman–Crippen MR) is 132 cm³/mol. The number of nitrogens with one attached hydrogen (secondary N) is 2. The van der Waals surface area contributed by atoms with Crippen LogP contribution in [0.3, 0.4) is 0 Å². The van der Waals surface area contributed by atoms with E-state index in [0.717, 1.165) is 11.8 Å². The second kappa shape index (κ2) is 10.4. The van der Waals surface area contributed by atoms with Crippen molar-refractivity contribution < 1.29 is 44.6 Å². The lowest BCUT2D eigenvalue weighted by Crippen LogP contribution is -2.41. The molecule has 4 heterocycles. The average molecular weight is 568 g/mol. The third kappa shape index (κ3) is 5.35. The van der Waals surface area contributed by atoms with Crippen LogP contribution in [0, 0.1) is 0 Å². The van der Waals surface area contributed by atoms with Gasteiger partial charge < -0.3 is 44.9 Å². The molecule has 202 valence electrons. The van der Waals surface area contributed by atoms with Crippen LogP contribution in [0.1, 0.15) is 14.1 Å². The number of hydrogen-bond donors (Lipinski definition) is 6. The molecule has 38 heavy (non-hydrogen) atoms. The van der Waals surface area contributed by atoms with E-state index in [1.54, 1.807) is 12.1 Å². The second-order valence-corrected chi connectivity index (χ2v) is 10.8. The third-order valence-electron chi connectivity index (χ3n) is 5.78. The molecule has 1 aromatic carbocycles. The Morgan fingerprint density at radius 2 is 2.21 bits per heavy atom. The maximum Gasteiger partial charge on any atom is 1.00 e. The molecule has 3 unspecified atom stereocenters. The molecular weight excluding hydrogens is 546 g/mol. The van der Waals surface area contributed by atoms with Crippen LogP contribution in [0.5, 0.6) is 0 Å². The van der Waals surface area contributed by atoms with Gasteiger partial charge in [0.25, 0.3) is 13.4 Å². The molecule has 2 aromatic heterocycles. The van der Waals surface area contributed by atoms with Crippen LogP contribution >= 0.6 is 19.6 Å². The highest BCUT2D eigenvalue weighted by molar-refractivity contribution is 7.99. The highest BCUT2D eigenvalue weighted by Gasteiger charge is 2.51. The first-order valence-electron chi connectivity index (χ1n) is 11.2. The molecule has 2 aliphatic rings. The number of aliphatic hydroxyl groups excluding tert-OH is 1. The number of aliphatic hydroxyl groups is 1. The Morgan fingerprint density at radius 1 is 1.42 bits per heavy atom. The van der Waals surface area contributed by atoms with Crippen LogP contribution in [0.4, 0.5) is 11.6 Å². The number of anilines is 2. The van der Waals surface area contributed by atoms with Gasteiger partial charge in [-0.25, -0.2) is 4.98 Å². The molecule has 5 atom stereocenters. The van der Waals surface area contributed by atoms with E-state index in [9.17, 15) is 34.2 Å². The number of thioether (sulfide) groups is 1. The molecule has 2 aliphatic heterocycles. The van der Waals surface area contributed by atoms with Gasteiger partial charge in [0.2, 0.25) is 11.9 Å². The minimum Gasteiger partial charge on any atom is -0.756 e. The molecule has 0 radical (unpaired) electrons. The number of carbonyl (C=O) groups is 1. The van der Waals surface area contributed by atoms with E-state index in [2.05, 4.69) is 24.8 Å². The SMILES string of the molecule is Nc1nc2c(nc(SCCC(=O)Nc3cccc(B(O)O)c3)n2[C@@H]2OC3COP(=O)([O-])O[C@H]3C2O)c(=O)[nH]1.[H+]. The molecule has 7 N–H and O–H groups in total. The maximum atomic E-state index is 12.5. The molecule has 1 amide bonds. The van der Waals surface area contributed by atoms with Crippen molar-refractivity contribution >= 4 is 60.9 Å². The number of phosphoric ester groups is 1. The Kier molecular flexibility index (Phi) is 7.34. The quantitative estimate of drug-likeness (QED) is 0.100. The van der Waals surface area contributed by atoms with Gasteiger partial charge in [0.05, 0.1) is 6.61 Å². The number of phosphoric acid groups is 1. The van der Waals surface area contributed by atoms with Gasteiger partial charge in [-0.1, -0.05) is 23.9 Å². The van der Waals surface area contributed by atoms with Crippen molar-refractivity contribution in [2.24, 2.45) is 0 Å². The third-order valence-corrected chi connectivity index (χ3v) is 7.70. The molecule has 5 rings (SSSR count). The number of rotatable bonds is 7. The minimum absolute atomic E-state index is 0. The van der Waals surface area contributed by atoms with Gasteiger partial charge in [-0.05, 0) is 17.6 Å². The molecule has 19 heteroatoms. The highest BCUT2D eigenvalue weighted by atomic mass is 32.2. The molecule has 16 nitrogen and oxygen atoms in total. The molecule has 0 spiro atoms. The van der Waals surface area contributed by atoms with Crippen LogP contribution in [0.15, 0.2) is 34.2 Å². The second-order valence-electron chi connectivity index (χ2n) is 8.40. The normalized spacial score (nSPS) is 26.8. The zero-order chi connectivity index (χ0) is 27.2. The van der Waals surface area contributed by atoms with Crippen molar-refractivity contribution in [2.45, 2.75) is 36.1 Å². The first-order valence-corrected chi connectivity index (χ1v) is 13.6. The number of H-pyrrole nitrogens is 1. The number of amides is 1. The summed E-state index contributed by atoms with van der Waals surface area (Å²) < 4.78 is 28.4. The van der Waals surface area contributed by atoms with Crippen LogP contribution in [-0.2, 0) is 23.1 Å². The smallest absolute Gasteiger partial charge is 0.756 e. The van der Waals surface area contributed by atoms with Crippen LogP contribution in [-0.4, -0.2) is 78.4 Å². The standard InChI is InChI=1S/C19H22BN6O10PS/c21-18-24-15-12(16(29)25-18)23-19(26(15)17-13(28)14-10(35-17)7-34-37(32,33)36-14)38-5-4-11(27)22-9-3-1-2-8(6-9)20(30)31/h1-3,6,10,13-14,17,28,30-31H,4-5,7H2,(H,22,27)(H,32,33)(H3,21,24,25,29)/t10?,13?,14-,17-/m1/s1. The van der Waals surface area contributed by atoms with Gasteiger partial charge in [0, 0.05) is 17.9 Å². The minimum atomic E-state index is -4.62. The van der Waals surface area contributed by atoms with Crippen LogP contribution in [0.2, 0.25) is 0 Å². The van der Waals surface area contributed by atoms with Crippen molar-refractivity contribution in [3.8, 4) is 0 Å². The Balaban J connectivity index is 0.00000353. The molecule has 3 aromatic rings. The number of imidazole rings is 1. The predicted octanol–water partition coefficient (Wildman–Crippen LogP) is -2.24. The number of hydrogen-bond acceptors (Lipinski definition) is 14. The van der Waals surface area contributed by atoms with Crippen molar-refractivity contribution in [2.75, 3.05) is 23.4 Å². The van der Waals surface area contributed by atoms with E-state index in [1.807, 2.05) is 0 Å². The van der Waals surface area contributed by atoms with Crippen molar-refractivity contribution in [1.82, 2.24) is 19.5 Å². The van der Waals surface area contributed by atoms with Gasteiger partial charge in [-0.3, -0.25) is 23.7 Å². The monoisotopic (exact) mass is 568 g/mol. The van der Waals surface area contributed by atoms with E-state index in [4.69, 9.17) is 15.0 Å². The summed E-state index contributed by atoms with van der Waals surface area (Å²) in [5, 5.41) is 32.3. The number of nitrogens with two attached hydrogens (primary N) is 1. The number of fused-ring (bicyclic) bond motifs is 2. The molecule has 0 bridgehead atoms. The fourth-order valence-electron chi connectivity index (χ4n) is 4.09. The highest BCUT2D eigenvalue weighted by Crippen LogP contribution is 2.50. The number of nitrogens with zero attached hydrogens (tertiary/aromatic N) is 3. The van der Waals surface area contributed by atoms with E-state index >= 15 is 0 Å². The Morgan fingerprint density at radius 3 is 2.97 bits per heavy atom. The van der Waals surface area contributed by atoms with Gasteiger partial charge in [0.1, 0.15) is 18.3 Å². The van der Waals surface area contributed by atoms with Gasteiger partial charge in [-0.15, -0.1) is 0 Å². The first-order chi connectivity index (χ1) is 18.0. The number of ether oxygens (including phenoxy) is 1. The van der Waals surface area contributed by atoms with Gasteiger partial charge >= 0.3 is 8.55 Å². The summed E-state index contributed by atoms with van der Waals surface area (Å²) in [4.78, 5) is 47.4. The van der Waals surface area contributed by atoms with E-state index in [0.29, 0.717) is 5.69 Å². The summed E-state index contributed by atoms with van der Waals surface area (Å²) in [6.07, 6.45) is -4.95. The summed E-state index contributed by atoms with van der Waals surface area (Å²) in [5.74, 6) is -0.441. The molecule has 2 saturated heterocycles. The Labute approximate surface area is 219 Å². The number of aromatic amines is 1. The first kappa shape index (κ1) is 26.8. The lowest BCUT2D eigenvalue weighted by atomic mass is 9.80. The van der Waals surface area contributed by atoms with Crippen LogP contribution in [0.25, 0.3) is 11.2 Å².